The van der Waals surface area contributed by atoms with Crippen LogP contribution < -0.4 is 15.4 Å². The smallest absolute Gasteiger partial charge is 0.247 e. The van der Waals surface area contributed by atoms with Gasteiger partial charge < -0.3 is 15.4 Å². The second-order valence-electron chi connectivity index (χ2n) is 8.04. The monoisotopic (exact) mass is 495 g/mol. The fourth-order valence-corrected chi connectivity index (χ4v) is 5.18. The molecule has 3 rings (SSSR count). The molecule has 9 heteroatoms. The van der Waals surface area contributed by atoms with Gasteiger partial charge in [0.15, 0.2) is 0 Å². The number of aryl methyl sites for hydroxylation is 1. The van der Waals surface area contributed by atoms with Crippen LogP contribution in [-0.4, -0.2) is 44.7 Å². The van der Waals surface area contributed by atoms with Crippen LogP contribution in [0.2, 0.25) is 0 Å². The number of carbonyl (C=O) groups is 2. The zero-order chi connectivity index (χ0) is 25.4. The Morgan fingerprint density at radius 3 is 2.26 bits per heavy atom. The van der Waals surface area contributed by atoms with Gasteiger partial charge in [-0.15, -0.1) is 0 Å². The molecule has 0 spiro atoms. The molecule has 2 amide bonds. The van der Waals surface area contributed by atoms with Gasteiger partial charge in [0.05, 0.1) is 13.7 Å². The standard InChI is InChI=1S/C26H29N3O5S/c1-19-12-13-24(34-3)25(16-19)35(32,33)29(15-14-21-8-5-4-6-9-21)18-26(31)28-23-11-7-10-22(17-23)27-20(2)30/h4-13,16-17H,14-15,18H2,1-3H3,(H,27,30)(H,28,31). The molecule has 3 aromatic carbocycles. The maximum absolute atomic E-state index is 13.7. The molecule has 0 heterocycles. The summed E-state index contributed by atoms with van der Waals surface area (Å²) in [5.74, 6) is -0.532. The van der Waals surface area contributed by atoms with Gasteiger partial charge in [0, 0.05) is 24.8 Å². The largest absolute Gasteiger partial charge is 0.495 e. The zero-order valence-corrected chi connectivity index (χ0v) is 20.8. The van der Waals surface area contributed by atoms with E-state index in [1.54, 1.807) is 49.4 Å². The van der Waals surface area contributed by atoms with Crippen molar-refractivity contribution in [1.29, 1.82) is 0 Å². The molecule has 0 radical (unpaired) electrons. The number of rotatable bonds is 10. The van der Waals surface area contributed by atoms with Crippen LogP contribution >= 0.6 is 0 Å². The van der Waals surface area contributed by atoms with Crippen molar-refractivity contribution in [2.45, 2.75) is 25.2 Å². The molecule has 0 saturated carbocycles. The van der Waals surface area contributed by atoms with Gasteiger partial charge in [-0.2, -0.15) is 4.31 Å². The van der Waals surface area contributed by atoms with Crippen molar-refractivity contribution >= 4 is 33.2 Å². The second kappa shape index (κ2) is 11.6. The maximum atomic E-state index is 13.7. The molecule has 0 aliphatic heterocycles. The predicted molar refractivity (Wildman–Crippen MR) is 136 cm³/mol. The van der Waals surface area contributed by atoms with Crippen LogP contribution in [0.25, 0.3) is 0 Å². The van der Waals surface area contributed by atoms with E-state index in [0.717, 1.165) is 15.4 Å². The lowest BCUT2D eigenvalue weighted by Gasteiger charge is -2.23. The number of benzene rings is 3. The van der Waals surface area contributed by atoms with Crippen LogP contribution in [0.4, 0.5) is 11.4 Å². The van der Waals surface area contributed by atoms with Crippen molar-refractivity contribution < 1.29 is 22.7 Å². The number of carbonyl (C=O) groups excluding carboxylic acids is 2. The Morgan fingerprint density at radius 2 is 1.60 bits per heavy atom. The Bertz CT molecular complexity index is 1290. The van der Waals surface area contributed by atoms with E-state index in [1.165, 1.54) is 14.0 Å². The minimum atomic E-state index is -4.06. The summed E-state index contributed by atoms with van der Waals surface area (Å²) >= 11 is 0. The quantitative estimate of drug-likeness (QED) is 0.445. The molecule has 0 bridgehead atoms. The highest BCUT2D eigenvalue weighted by Gasteiger charge is 2.29. The van der Waals surface area contributed by atoms with E-state index in [-0.39, 0.29) is 23.1 Å². The van der Waals surface area contributed by atoms with Crippen molar-refractivity contribution in [3.63, 3.8) is 0 Å². The van der Waals surface area contributed by atoms with E-state index in [1.807, 2.05) is 30.3 Å². The van der Waals surface area contributed by atoms with Crippen molar-refractivity contribution in [3.8, 4) is 5.75 Å². The lowest BCUT2D eigenvalue weighted by atomic mass is 10.1. The van der Waals surface area contributed by atoms with Gasteiger partial charge in [0.1, 0.15) is 10.6 Å². The number of sulfonamides is 1. The number of amides is 2. The second-order valence-corrected chi connectivity index (χ2v) is 9.95. The van der Waals surface area contributed by atoms with Gasteiger partial charge in [-0.25, -0.2) is 8.42 Å². The van der Waals surface area contributed by atoms with Crippen LogP contribution in [0.5, 0.6) is 5.75 Å². The molecule has 2 N–H and O–H groups in total. The third kappa shape index (κ3) is 7.14. The van der Waals surface area contributed by atoms with Crippen molar-refractivity contribution in [2.75, 3.05) is 30.8 Å². The predicted octanol–water partition coefficient (Wildman–Crippen LogP) is 3.83. The average Bonchev–Trinajstić information content (AvgIpc) is 2.82. The lowest BCUT2D eigenvalue weighted by Crippen LogP contribution is -2.39. The SMILES string of the molecule is COc1ccc(C)cc1S(=O)(=O)N(CCc1ccccc1)CC(=O)Nc1cccc(NC(C)=O)c1. The van der Waals surface area contributed by atoms with Crippen molar-refractivity contribution in [2.24, 2.45) is 0 Å². The van der Waals surface area contributed by atoms with E-state index in [9.17, 15) is 18.0 Å². The first-order valence-corrected chi connectivity index (χ1v) is 12.5. The molecule has 0 aromatic heterocycles. The molecule has 0 fully saturated rings. The average molecular weight is 496 g/mol. The van der Waals surface area contributed by atoms with E-state index >= 15 is 0 Å². The third-order valence-corrected chi connectivity index (χ3v) is 7.08. The summed E-state index contributed by atoms with van der Waals surface area (Å²) in [5.41, 5.74) is 2.67. The van der Waals surface area contributed by atoms with Gasteiger partial charge in [-0.1, -0.05) is 42.5 Å². The fourth-order valence-electron chi connectivity index (χ4n) is 3.55. The van der Waals surface area contributed by atoms with Gasteiger partial charge >= 0.3 is 0 Å². The highest BCUT2D eigenvalue weighted by Crippen LogP contribution is 2.28. The first-order chi connectivity index (χ1) is 16.7. The molecule has 0 unspecified atom stereocenters. The number of hydrogen-bond acceptors (Lipinski definition) is 5. The molecule has 0 saturated heterocycles. The number of anilines is 2. The molecule has 0 aliphatic carbocycles. The highest BCUT2D eigenvalue weighted by molar-refractivity contribution is 7.89. The van der Waals surface area contributed by atoms with Crippen LogP contribution in [-0.2, 0) is 26.0 Å². The molecule has 3 aromatic rings. The molecule has 0 atom stereocenters. The summed E-state index contributed by atoms with van der Waals surface area (Å²) < 4.78 is 33.8. The Morgan fingerprint density at radius 1 is 0.914 bits per heavy atom. The normalized spacial score (nSPS) is 11.2. The van der Waals surface area contributed by atoms with E-state index in [4.69, 9.17) is 4.74 Å². The van der Waals surface area contributed by atoms with Crippen LogP contribution in [0.15, 0.2) is 77.7 Å². The van der Waals surface area contributed by atoms with Gasteiger partial charge in [-0.05, 0) is 54.8 Å². The fraction of sp³-hybridized carbons (Fsp3) is 0.231. The lowest BCUT2D eigenvalue weighted by molar-refractivity contribution is -0.116. The molecular weight excluding hydrogens is 466 g/mol. The molecule has 8 nitrogen and oxygen atoms in total. The van der Waals surface area contributed by atoms with Crippen molar-refractivity contribution in [1.82, 2.24) is 4.31 Å². The zero-order valence-electron chi connectivity index (χ0n) is 19.9. The Balaban J connectivity index is 1.86. The Hall–Kier alpha value is -3.69. The molecule has 0 aliphatic rings. The van der Waals surface area contributed by atoms with Crippen molar-refractivity contribution in [3.05, 3.63) is 83.9 Å². The van der Waals surface area contributed by atoms with Gasteiger partial charge in [0.25, 0.3) is 0 Å². The first-order valence-electron chi connectivity index (χ1n) is 11.1. The van der Waals surface area contributed by atoms with E-state index in [2.05, 4.69) is 10.6 Å². The number of nitrogens with zero attached hydrogens (tertiary/aromatic N) is 1. The van der Waals surface area contributed by atoms with Crippen LogP contribution in [0.3, 0.4) is 0 Å². The van der Waals surface area contributed by atoms with Crippen LogP contribution in [0.1, 0.15) is 18.1 Å². The third-order valence-electron chi connectivity index (χ3n) is 5.22. The summed E-state index contributed by atoms with van der Waals surface area (Å²) in [6.45, 7) is 2.89. The summed E-state index contributed by atoms with van der Waals surface area (Å²) in [6, 6.07) is 21.0. The number of methoxy groups -OCH3 is 1. The van der Waals surface area contributed by atoms with Gasteiger partial charge in [0.2, 0.25) is 21.8 Å². The Kier molecular flexibility index (Phi) is 8.62. The minimum absolute atomic E-state index is 0.00789. The Labute approximate surface area is 206 Å². The topological polar surface area (TPSA) is 105 Å². The number of nitrogens with one attached hydrogen (secondary N) is 2. The number of hydrogen-bond donors (Lipinski definition) is 2. The number of ether oxygens (including phenoxy) is 1. The minimum Gasteiger partial charge on any atom is -0.495 e. The summed E-state index contributed by atoms with van der Waals surface area (Å²) in [6.07, 6.45) is 0.430. The summed E-state index contributed by atoms with van der Waals surface area (Å²) in [5, 5.41) is 5.37. The van der Waals surface area contributed by atoms with E-state index < -0.39 is 22.5 Å². The summed E-state index contributed by atoms with van der Waals surface area (Å²) in [7, 11) is -2.65. The highest BCUT2D eigenvalue weighted by atomic mass is 32.2. The maximum Gasteiger partial charge on any atom is 0.247 e. The molecule has 184 valence electrons. The van der Waals surface area contributed by atoms with E-state index in [0.29, 0.717) is 17.8 Å². The molecule has 35 heavy (non-hydrogen) atoms. The molecular formula is C26H29N3O5S. The summed E-state index contributed by atoms with van der Waals surface area (Å²) in [4.78, 5) is 24.3. The van der Waals surface area contributed by atoms with Crippen LogP contribution in [0, 0.1) is 6.92 Å². The van der Waals surface area contributed by atoms with Gasteiger partial charge in [-0.3, -0.25) is 9.59 Å². The first kappa shape index (κ1) is 25.9.